The van der Waals surface area contributed by atoms with Gasteiger partial charge in [0, 0.05) is 54.7 Å². The van der Waals surface area contributed by atoms with Gasteiger partial charge in [-0.05, 0) is 38.8 Å². The lowest BCUT2D eigenvalue weighted by atomic mass is 9.96. The molecule has 1 aliphatic rings. The van der Waals surface area contributed by atoms with Crippen LogP contribution in [-0.4, -0.2) is 27.6 Å². The fourth-order valence-corrected chi connectivity index (χ4v) is 3.84. The molecule has 4 rings (SSSR count). The lowest BCUT2D eigenvalue weighted by molar-refractivity contribution is 0.455. The van der Waals surface area contributed by atoms with E-state index in [0.717, 1.165) is 18.6 Å². The molecule has 24 heavy (non-hydrogen) atoms. The zero-order chi connectivity index (χ0) is 16.5. The molecule has 3 aromatic rings. The average Bonchev–Trinajstić information content (AvgIpc) is 3.11. The highest BCUT2D eigenvalue weighted by Crippen LogP contribution is 2.33. The van der Waals surface area contributed by atoms with Crippen LogP contribution in [0.15, 0.2) is 48.9 Å². The number of pyridine rings is 1. The van der Waals surface area contributed by atoms with Crippen molar-refractivity contribution in [3.05, 3.63) is 54.7 Å². The number of piperidine rings is 1. The van der Waals surface area contributed by atoms with Crippen LogP contribution in [0.1, 0.15) is 44.5 Å². The molecule has 0 bridgehead atoms. The monoisotopic (exact) mass is 320 g/mol. The highest BCUT2D eigenvalue weighted by molar-refractivity contribution is 5.91. The second kappa shape index (κ2) is 6.27. The summed E-state index contributed by atoms with van der Waals surface area (Å²) in [4.78, 5) is 11.7. The van der Waals surface area contributed by atoms with Gasteiger partial charge >= 0.3 is 0 Å². The number of anilines is 1. The van der Waals surface area contributed by atoms with Crippen LogP contribution in [0.2, 0.25) is 0 Å². The number of fused-ring (bicyclic) bond motifs is 1. The summed E-state index contributed by atoms with van der Waals surface area (Å²) in [5.74, 6) is 1.72. The number of hydrogen-bond donors (Lipinski definition) is 0. The van der Waals surface area contributed by atoms with E-state index in [0.29, 0.717) is 12.0 Å². The molecule has 3 heterocycles. The lowest BCUT2D eigenvalue weighted by Gasteiger charge is -2.35. The lowest BCUT2D eigenvalue weighted by Crippen LogP contribution is -2.35. The Morgan fingerprint density at radius 1 is 1.08 bits per heavy atom. The van der Waals surface area contributed by atoms with Crippen LogP contribution >= 0.6 is 0 Å². The van der Waals surface area contributed by atoms with Crippen LogP contribution in [0.25, 0.3) is 10.9 Å². The van der Waals surface area contributed by atoms with Crippen molar-refractivity contribution < 1.29 is 0 Å². The maximum Gasteiger partial charge on any atom is 0.113 e. The minimum atomic E-state index is 0.458. The van der Waals surface area contributed by atoms with E-state index in [1.165, 1.54) is 29.7 Å². The minimum Gasteiger partial charge on any atom is -0.370 e. The van der Waals surface area contributed by atoms with E-state index in [-0.39, 0.29) is 0 Å². The number of nitrogens with zero attached hydrogens (tertiary/aromatic N) is 4. The van der Waals surface area contributed by atoms with Crippen molar-refractivity contribution in [2.24, 2.45) is 0 Å². The van der Waals surface area contributed by atoms with Crippen LogP contribution < -0.4 is 4.90 Å². The van der Waals surface area contributed by atoms with Crippen LogP contribution in [0.3, 0.4) is 0 Å². The molecule has 0 spiro atoms. The van der Waals surface area contributed by atoms with Gasteiger partial charge < -0.3 is 9.47 Å². The number of hydrogen-bond acceptors (Lipinski definition) is 3. The van der Waals surface area contributed by atoms with Gasteiger partial charge in [-0.2, -0.15) is 0 Å². The smallest absolute Gasteiger partial charge is 0.113 e. The van der Waals surface area contributed by atoms with Gasteiger partial charge in [0.1, 0.15) is 5.82 Å². The van der Waals surface area contributed by atoms with Crippen LogP contribution in [0.4, 0.5) is 5.69 Å². The van der Waals surface area contributed by atoms with Gasteiger partial charge in [0.15, 0.2) is 0 Å². The van der Waals surface area contributed by atoms with Gasteiger partial charge in [-0.15, -0.1) is 0 Å². The quantitative estimate of drug-likeness (QED) is 0.717. The van der Waals surface area contributed by atoms with Crippen LogP contribution in [0.5, 0.6) is 0 Å². The molecule has 0 unspecified atom stereocenters. The maximum atomic E-state index is 4.68. The molecule has 0 saturated carbocycles. The number of imidazole rings is 1. The Kier molecular flexibility index (Phi) is 3.97. The van der Waals surface area contributed by atoms with Gasteiger partial charge in [0.05, 0.1) is 5.52 Å². The summed E-state index contributed by atoms with van der Waals surface area (Å²) in [7, 11) is 0. The summed E-state index contributed by atoms with van der Waals surface area (Å²) in [6.07, 6.45) is 8.39. The number of benzene rings is 1. The molecule has 124 valence electrons. The van der Waals surface area contributed by atoms with E-state index in [9.17, 15) is 0 Å². The third kappa shape index (κ3) is 2.66. The SMILES string of the molecule is CC(C)n1ccnc1[C@H]1CCCN(c2ccnc3ccccc23)C1. The molecule has 0 amide bonds. The van der Waals surface area contributed by atoms with Crippen molar-refractivity contribution in [2.45, 2.75) is 38.6 Å². The summed E-state index contributed by atoms with van der Waals surface area (Å²) in [6, 6.07) is 11.0. The predicted molar refractivity (Wildman–Crippen MR) is 98.5 cm³/mol. The van der Waals surface area contributed by atoms with Gasteiger partial charge in [0.25, 0.3) is 0 Å². The summed E-state index contributed by atoms with van der Waals surface area (Å²) in [5, 5.41) is 1.24. The second-order valence-electron chi connectivity index (χ2n) is 6.92. The summed E-state index contributed by atoms with van der Waals surface area (Å²) < 4.78 is 2.32. The van der Waals surface area contributed by atoms with Crippen molar-refractivity contribution >= 4 is 16.6 Å². The van der Waals surface area contributed by atoms with E-state index in [2.05, 4.69) is 69.8 Å². The third-order valence-corrected chi connectivity index (χ3v) is 5.01. The maximum absolute atomic E-state index is 4.68. The molecular formula is C20H24N4. The minimum absolute atomic E-state index is 0.458. The highest BCUT2D eigenvalue weighted by Gasteiger charge is 2.26. The number of rotatable bonds is 3. The number of aromatic nitrogens is 3. The van der Waals surface area contributed by atoms with Gasteiger partial charge in [-0.25, -0.2) is 4.98 Å². The predicted octanol–water partition coefficient (Wildman–Crippen LogP) is 4.40. The summed E-state index contributed by atoms with van der Waals surface area (Å²) >= 11 is 0. The Hall–Kier alpha value is -2.36. The topological polar surface area (TPSA) is 34.0 Å². The zero-order valence-electron chi connectivity index (χ0n) is 14.4. The standard InChI is InChI=1S/C20H24N4/c1-15(2)24-13-11-22-20(24)16-6-5-12-23(14-16)19-9-10-21-18-8-4-3-7-17(18)19/h3-4,7-11,13,15-16H,5-6,12,14H2,1-2H3/t16-/m0/s1. The Morgan fingerprint density at radius 2 is 1.96 bits per heavy atom. The van der Waals surface area contributed by atoms with E-state index >= 15 is 0 Å². The fourth-order valence-electron chi connectivity index (χ4n) is 3.84. The van der Waals surface area contributed by atoms with E-state index < -0.39 is 0 Å². The van der Waals surface area contributed by atoms with Crippen molar-refractivity contribution in [1.29, 1.82) is 0 Å². The Bertz CT molecular complexity index is 831. The molecule has 0 aliphatic carbocycles. The molecule has 1 saturated heterocycles. The average molecular weight is 320 g/mol. The molecule has 1 fully saturated rings. The van der Waals surface area contributed by atoms with Gasteiger partial charge in [-0.3, -0.25) is 4.98 Å². The van der Waals surface area contributed by atoms with Crippen LogP contribution in [-0.2, 0) is 0 Å². The number of para-hydroxylation sites is 1. The first kappa shape index (κ1) is 15.2. The van der Waals surface area contributed by atoms with Crippen molar-refractivity contribution in [3.8, 4) is 0 Å². The van der Waals surface area contributed by atoms with E-state index in [4.69, 9.17) is 0 Å². The molecule has 1 atom stereocenters. The first-order valence-corrected chi connectivity index (χ1v) is 8.85. The molecule has 0 N–H and O–H groups in total. The molecular weight excluding hydrogens is 296 g/mol. The molecule has 1 aromatic carbocycles. The molecule has 1 aliphatic heterocycles. The fraction of sp³-hybridized carbons (Fsp3) is 0.400. The Balaban J connectivity index is 1.66. The molecule has 4 nitrogen and oxygen atoms in total. The molecule has 0 radical (unpaired) electrons. The normalized spacial score (nSPS) is 18.5. The van der Waals surface area contributed by atoms with Crippen molar-refractivity contribution in [2.75, 3.05) is 18.0 Å². The first-order valence-electron chi connectivity index (χ1n) is 8.85. The third-order valence-electron chi connectivity index (χ3n) is 5.01. The largest absolute Gasteiger partial charge is 0.370 e. The molecule has 4 heteroatoms. The van der Waals surface area contributed by atoms with E-state index in [1.807, 2.05) is 12.4 Å². The Labute approximate surface area is 143 Å². The van der Waals surface area contributed by atoms with Crippen molar-refractivity contribution in [3.63, 3.8) is 0 Å². The van der Waals surface area contributed by atoms with E-state index in [1.54, 1.807) is 0 Å². The zero-order valence-corrected chi connectivity index (χ0v) is 14.4. The summed E-state index contributed by atoms with van der Waals surface area (Å²) in [6.45, 7) is 6.58. The van der Waals surface area contributed by atoms with Gasteiger partial charge in [0.2, 0.25) is 0 Å². The molecule has 2 aromatic heterocycles. The van der Waals surface area contributed by atoms with Crippen molar-refractivity contribution in [1.82, 2.24) is 14.5 Å². The van der Waals surface area contributed by atoms with Gasteiger partial charge in [-0.1, -0.05) is 18.2 Å². The Morgan fingerprint density at radius 3 is 2.83 bits per heavy atom. The van der Waals surface area contributed by atoms with Crippen LogP contribution in [0, 0.1) is 0 Å². The summed E-state index contributed by atoms with van der Waals surface area (Å²) in [5.41, 5.74) is 2.37. The first-order chi connectivity index (χ1) is 11.7. The second-order valence-corrected chi connectivity index (χ2v) is 6.92. The highest BCUT2D eigenvalue weighted by atomic mass is 15.2.